The Bertz CT molecular complexity index is 183. The van der Waals surface area contributed by atoms with E-state index in [0.717, 1.165) is 0 Å². The molecule has 0 spiro atoms. The van der Waals surface area contributed by atoms with Gasteiger partial charge in [0.1, 0.15) is 15.7 Å². The van der Waals surface area contributed by atoms with Gasteiger partial charge >= 0.3 is 10.4 Å². The van der Waals surface area contributed by atoms with Gasteiger partial charge in [-0.3, -0.25) is 8.37 Å². The molecule has 7 heteroatoms. The van der Waals surface area contributed by atoms with Crippen LogP contribution < -0.4 is 0 Å². The molecule has 46 valence electrons. The minimum Gasteiger partial charge on any atom is -0.253 e. The van der Waals surface area contributed by atoms with E-state index in [-0.39, 0.29) is 0 Å². The maximum Gasteiger partial charge on any atom is 0.399 e. The van der Waals surface area contributed by atoms with Crippen LogP contribution in [0.5, 0.6) is 0 Å². The van der Waals surface area contributed by atoms with Crippen molar-refractivity contribution in [3.8, 4) is 0 Å². The molecule has 2 unspecified atom stereocenters. The van der Waals surface area contributed by atoms with Gasteiger partial charge in [0.2, 0.25) is 0 Å². The summed E-state index contributed by atoms with van der Waals surface area (Å²) in [6.07, 6.45) is 0. The molecule has 0 bridgehead atoms. The lowest BCUT2D eigenvalue weighted by Gasteiger charge is -1.99. The van der Waals surface area contributed by atoms with Gasteiger partial charge in [0.25, 0.3) is 0 Å². The third-order valence-electron chi connectivity index (χ3n) is 0.782. The fraction of sp³-hybridized carbons (Fsp3) is 1.00. The highest BCUT2D eigenvalue weighted by Crippen LogP contribution is 2.14. The molecule has 1 saturated heterocycles. The van der Waals surface area contributed by atoms with Crippen LogP contribution in [-0.2, 0) is 18.8 Å². The minimum atomic E-state index is -3.89. The van der Waals surface area contributed by atoms with E-state index in [0.29, 0.717) is 0 Å². The summed E-state index contributed by atoms with van der Waals surface area (Å²) in [6, 6.07) is -2.15. The van der Waals surface area contributed by atoms with Gasteiger partial charge in [-0.15, -0.1) is 0 Å². The van der Waals surface area contributed by atoms with E-state index >= 15 is 0 Å². The smallest absolute Gasteiger partial charge is 0.253 e. The molecule has 1 fully saturated rings. The van der Waals surface area contributed by atoms with Crippen molar-refractivity contribution in [1.29, 1.82) is 0 Å². The van der Waals surface area contributed by atoms with E-state index in [1.165, 1.54) is 0 Å². The summed E-state index contributed by atoms with van der Waals surface area (Å²) >= 11 is 0. The van der Waals surface area contributed by atoms with Gasteiger partial charge in [-0.1, -0.05) is 0 Å². The first-order chi connectivity index (χ1) is 4.01. The first kappa shape index (κ1) is 7.11. The first-order valence-corrected chi connectivity index (χ1v) is 3.47. The largest absolute Gasteiger partial charge is 0.399 e. The molecule has 0 saturated carbocycles. The van der Waals surface area contributed by atoms with Gasteiger partial charge in [-0.05, 0) is 0 Å². The molecule has 4 nitrogen and oxygen atoms in total. The van der Waals surface area contributed by atoms with Crippen LogP contribution in [0, 0.1) is 0 Å². The molecule has 1 aliphatic rings. The zero-order valence-electron chi connectivity index (χ0n) is 4.35. The van der Waals surface area contributed by atoms with Crippen molar-refractivity contribution in [2.45, 2.75) is 12.0 Å². The topological polar surface area (TPSA) is 52.6 Å². The lowest BCUT2D eigenvalue weighted by atomic mass is 9.83. The Labute approximate surface area is 55.7 Å². The molecular weight excluding hydrogens is 142 g/mol. The zero-order valence-corrected chi connectivity index (χ0v) is 5.17. The fourth-order valence-electron chi connectivity index (χ4n) is 0.404. The van der Waals surface area contributed by atoms with Gasteiger partial charge in [0.15, 0.2) is 0 Å². The third-order valence-corrected chi connectivity index (χ3v) is 1.70. The van der Waals surface area contributed by atoms with Crippen LogP contribution in [0.25, 0.3) is 0 Å². The maximum atomic E-state index is 10.2. The van der Waals surface area contributed by atoms with Gasteiger partial charge in [-0.25, -0.2) is 0 Å². The maximum absolute atomic E-state index is 10.2. The second-order valence-electron chi connectivity index (χ2n) is 1.53. The van der Waals surface area contributed by atoms with E-state index < -0.39 is 22.4 Å². The highest BCUT2D eigenvalue weighted by Gasteiger charge is 2.32. The van der Waals surface area contributed by atoms with E-state index in [2.05, 4.69) is 8.37 Å². The standard InChI is InChI=1S/C2H2B2O4S/c3-1-2(4)8-9(5,6)7-1/h1-2H. The summed E-state index contributed by atoms with van der Waals surface area (Å²) in [5, 5.41) is 0. The molecule has 0 amide bonds. The van der Waals surface area contributed by atoms with Crippen LogP contribution in [0.3, 0.4) is 0 Å². The second-order valence-corrected chi connectivity index (χ2v) is 2.73. The highest BCUT2D eigenvalue weighted by atomic mass is 32.3. The van der Waals surface area contributed by atoms with Crippen LogP contribution in [0.2, 0.25) is 0 Å². The van der Waals surface area contributed by atoms with Crippen LogP contribution >= 0.6 is 0 Å². The number of hydrogen-bond acceptors (Lipinski definition) is 4. The van der Waals surface area contributed by atoms with Gasteiger partial charge in [0.05, 0.1) is 12.0 Å². The molecule has 1 heterocycles. The van der Waals surface area contributed by atoms with Crippen LogP contribution in [0.4, 0.5) is 0 Å². The normalized spacial score (nSPS) is 40.9. The molecule has 0 aromatic carbocycles. The quantitative estimate of drug-likeness (QED) is 0.378. The van der Waals surface area contributed by atoms with Crippen molar-refractivity contribution in [3.05, 3.63) is 0 Å². The Morgan fingerprint density at radius 2 is 1.44 bits per heavy atom. The van der Waals surface area contributed by atoms with Crippen molar-refractivity contribution in [2.24, 2.45) is 0 Å². The Morgan fingerprint density at radius 1 is 1.11 bits per heavy atom. The lowest BCUT2D eigenvalue weighted by Crippen LogP contribution is -2.21. The monoisotopic (exact) mass is 144 g/mol. The molecule has 0 aliphatic carbocycles. The molecule has 9 heavy (non-hydrogen) atoms. The Balaban J connectivity index is 2.77. The van der Waals surface area contributed by atoms with Crippen molar-refractivity contribution in [1.82, 2.24) is 0 Å². The predicted molar refractivity (Wildman–Crippen MR) is 30.2 cm³/mol. The fourth-order valence-corrected chi connectivity index (χ4v) is 1.21. The minimum absolute atomic E-state index is 1.07. The molecule has 2 atom stereocenters. The predicted octanol–water partition coefficient (Wildman–Crippen LogP) is -1.73. The average molecular weight is 144 g/mol. The number of hydrogen-bond donors (Lipinski definition) is 0. The van der Waals surface area contributed by atoms with E-state index in [9.17, 15) is 8.42 Å². The van der Waals surface area contributed by atoms with E-state index in [1.54, 1.807) is 0 Å². The van der Waals surface area contributed by atoms with Crippen molar-refractivity contribution in [2.75, 3.05) is 0 Å². The summed E-state index contributed by atoms with van der Waals surface area (Å²) in [5.74, 6) is 0. The molecule has 0 N–H and O–H groups in total. The summed E-state index contributed by atoms with van der Waals surface area (Å²) in [5.41, 5.74) is 0. The summed E-state index contributed by atoms with van der Waals surface area (Å²) < 4.78 is 28.6. The average Bonchev–Trinajstić information content (AvgIpc) is 1.79. The lowest BCUT2D eigenvalue weighted by molar-refractivity contribution is 0.291. The summed E-state index contributed by atoms with van der Waals surface area (Å²) in [4.78, 5) is 0. The van der Waals surface area contributed by atoms with Gasteiger partial charge < -0.3 is 0 Å². The van der Waals surface area contributed by atoms with Crippen LogP contribution in [0.15, 0.2) is 0 Å². The Morgan fingerprint density at radius 3 is 1.56 bits per heavy atom. The van der Waals surface area contributed by atoms with Gasteiger partial charge in [0, 0.05) is 0 Å². The molecule has 1 rings (SSSR count). The van der Waals surface area contributed by atoms with Crippen LogP contribution in [0.1, 0.15) is 0 Å². The SMILES string of the molecule is [B]C1OS(=O)(=O)OC1[B]. The molecule has 1 aliphatic heterocycles. The zero-order chi connectivity index (χ0) is 7.07. The first-order valence-electron chi connectivity index (χ1n) is 2.14. The van der Waals surface area contributed by atoms with Crippen molar-refractivity contribution < 1.29 is 16.8 Å². The highest BCUT2D eigenvalue weighted by molar-refractivity contribution is 7.82. The molecular formula is C2H2B2O4S. The molecule has 0 aromatic heterocycles. The van der Waals surface area contributed by atoms with Crippen molar-refractivity contribution in [3.63, 3.8) is 0 Å². The Hall–Kier alpha value is -0.000130. The Kier molecular flexibility index (Phi) is 1.58. The van der Waals surface area contributed by atoms with E-state index in [1.807, 2.05) is 0 Å². The summed E-state index contributed by atoms with van der Waals surface area (Å²) in [6.45, 7) is 0. The van der Waals surface area contributed by atoms with E-state index in [4.69, 9.17) is 15.7 Å². The molecule has 0 aromatic rings. The third kappa shape index (κ3) is 1.47. The van der Waals surface area contributed by atoms with Crippen molar-refractivity contribution >= 4 is 26.1 Å². The number of rotatable bonds is 0. The molecule has 4 radical (unpaired) electrons. The second kappa shape index (κ2) is 2.00. The summed E-state index contributed by atoms with van der Waals surface area (Å²) in [7, 11) is 6.11. The van der Waals surface area contributed by atoms with Gasteiger partial charge in [-0.2, -0.15) is 8.42 Å². The van der Waals surface area contributed by atoms with Crippen LogP contribution in [-0.4, -0.2) is 36.1 Å².